The van der Waals surface area contributed by atoms with Crippen molar-refractivity contribution in [2.45, 2.75) is 25.3 Å². The summed E-state index contributed by atoms with van der Waals surface area (Å²) in [5.74, 6) is 12.3. The van der Waals surface area contributed by atoms with Crippen LogP contribution in [0, 0.1) is 23.2 Å². The van der Waals surface area contributed by atoms with Gasteiger partial charge in [0, 0.05) is 44.8 Å². The van der Waals surface area contributed by atoms with Crippen LogP contribution >= 0.6 is 0 Å². The average molecular weight is 253 g/mol. The van der Waals surface area contributed by atoms with Gasteiger partial charge < -0.3 is 4.74 Å². The van der Waals surface area contributed by atoms with Gasteiger partial charge in [0.2, 0.25) is 0 Å². The number of ether oxygens (including phenoxy) is 1. The van der Waals surface area contributed by atoms with Gasteiger partial charge in [-0.05, 0) is 19.3 Å². The molecule has 0 aliphatic carbocycles. The second-order valence-electron chi connectivity index (χ2n) is 5.32. The lowest BCUT2D eigenvalue weighted by molar-refractivity contribution is 0.0168. The number of nitrogens with zero attached hydrogens (tertiary/aromatic N) is 3. The van der Waals surface area contributed by atoms with Crippen molar-refractivity contribution in [2.24, 2.45) is 23.5 Å². The quantitative estimate of drug-likeness (QED) is 0.529. The molecule has 0 aromatic carbocycles. The molecule has 0 aromatic rings. The van der Waals surface area contributed by atoms with Crippen LogP contribution in [0.15, 0.2) is 0 Å². The summed E-state index contributed by atoms with van der Waals surface area (Å²) in [4.78, 5) is 0. The number of piperidine rings is 1. The molecule has 6 heteroatoms. The molecule has 2 unspecified atom stereocenters. The standard InChI is InChI=1S/C12H23N5O/c13-7-10-1-4-16(14)8-11(10)9-17(15)12-2-5-18-6-3-12/h10-12H,1-6,8-9,14-15H2. The third-order valence-electron chi connectivity index (χ3n) is 4.04. The van der Waals surface area contributed by atoms with Crippen LogP contribution in [-0.2, 0) is 4.74 Å². The van der Waals surface area contributed by atoms with Gasteiger partial charge in [0.25, 0.3) is 0 Å². The van der Waals surface area contributed by atoms with Crippen molar-refractivity contribution in [1.29, 1.82) is 5.26 Å². The fraction of sp³-hybridized carbons (Fsp3) is 0.917. The van der Waals surface area contributed by atoms with Crippen LogP contribution in [0.4, 0.5) is 0 Å². The maximum atomic E-state index is 9.18. The first-order valence-corrected chi connectivity index (χ1v) is 6.69. The largest absolute Gasteiger partial charge is 0.381 e. The molecule has 0 saturated carbocycles. The smallest absolute Gasteiger partial charge is 0.0660 e. The van der Waals surface area contributed by atoms with Gasteiger partial charge in [0.15, 0.2) is 0 Å². The summed E-state index contributed by atoms with van der Waals surface area (Å²) in [6.45, 7) is 3.88. The molecule has 102 valence electrons. The summed E-state index contributed by atoms with van der Waals surface area (Å²) in [6.07, 6.45) is 2.80. The van der Waals surface area contributed by atoms with Gasteiger partial charge in [-0.3, -0.25) is 11.7 Å². The molecule has 0 bridgehead atoms. The summed E-state index contributed by atoms with van der Waals surface area (Å²) in [7, 11) is 0. The lowest BCUT2D eigenvalue weighted by Crippen LogP contribution is -2.52. The van der Waals surface area contributed by atoms with Crippen molar-refractivity contribution in [2.75, 3.05) is 32.8 Å². The van der Waals surface area contributed by atoms with E-state index in [-0.39, 0.29) is 11.8 Å². The van der Waals surface area contributed by atoms with Gasteiger partial charge in [0.1, 0.15) is 0 Å². The van der Waals surface area contributed by atoms with Gasteiger partial charge in [-0.2, -0.15) is 5.26 Å². The molecular formula is C12H23N5O. The van der Waals surface area contributed by atoms with Gasteiger partial charge in [0.05, 0.1) is 12.0 Å². The first kappa shape index (κ1) is 13.7. The Bertz CT molecular complexity index is 299. The average Bonchev–Trinajstić information content (AvgIpc) is 2.40. The zero-order valence-corrected chi connectivity index (χ0v) is 10.8. The van der Waals surface area contributed by atoms with E-state index in [4.69, 9.17) is 16.4 Å². The molecule has 6 nitrogen and oxygen atoms in total. The number of hydrazine groups is 2. The molecule has 18 heavy (non-hydrogen) atoms. The van der Waals surface area contributed by atoms with E-state index in [9.17, 15) is 5.26 Å². The van der Waals surface area contributed by atoms with E-state index in [1.807, 2.05) is 5.01 Å². The second kappa shape index (κ2) is 6.45. The van der Waals surface area contributed by atoms with Crippen LogP contribution in [0.5, 0.6) is 0 Å². The highest BCUT2D eigenvalue weighted by Gasteiger charge is 2.31. The second-order valence-corrected chi connectivity index (χ2v) is 5.32. The minimum absolute atomic E-state index is 0.0793. The molecular weight excluding hydrogens is 230 g/mol. The van der Waals surface area contributed by atoms with Crippen molar-refractivity contribution in [3.05, 3.63) is 0 Å². The third-order valence-corrected chi connectivity index (χ3v) is 4.04. The topological polar surface area (TPSA) is 91.5 Å². The first-order chi connectivity index (χ1) is 8.70. The monoisotopic (exact) mass is 253 g/mol. The molecule has 2 rings (SSSR count). The summed E-state index contributed by atoms with van der Waals surface area (Å²) in [5.41, 5.74) is 0. The van der Waals surface area contributed by atoms with Crippen molar-refractivity contribution >= 4 is 0 Å². The Kier molecular flexibility index (Phi) is 4.92. The number of nitrogens with two attached hydrogens (primary N) is 2. The normalized spacial score (nSPS) is 31.4. The molecule has 2 fully saturated rings. The van der Waals surface area contributed by atoms with Crippen LogP contribution < -0.4 is 11.7 Å². The van der Waals surface area contributed by atoms with Crippen molar-refractivity contribution in [1.82, 2.24) is 10.0 Å². The number of hydrogen-bond donors (Lipinski definition) is 2. The Hall–Kier alpha value is -0.710. The molecule has 0 aromatic heterocycles. The Morgan fingerprint density at radius 1 is 1.33 bits per heavy atom. The first-order valence-electron chi connectivity index (χ1n) is 6.69. The van der Waals surface area contributed by atoms with Gasteiger partial charge in [-0.25, -0.2) is 10.0 Å². The Morgan fingerprint density at radius 3 is 2.72 bits per heavy atom. The zero-order chi connectivity index (χ0) is 13.0. The summed E-state index contributed by atoms with van der Waals surface area (Å²) >= 11 is 0. The Labute approximate surface area is 108 Å². The highest BCUT2D eigenvalue weighted by Crippen LogP contribution is 2.23. The SMILES string of the molecule is N#CC1CCN(N)CC1CN(N)C1CCOCC1. The zero-order valence-electron chi connectivity index (χ0n) is 10.8. The molecule has 2 heterocycles. The fourth-order valence-electron chi connectivity index (χ4n) is 2.85. The van der Waals surface area contributed by atoms with Crippen molar-refractivity contribution in [3.63, 3.8) is 0 Å². The summed E-state index contributed by atoms with van der Waals surface area (Å²) < 4.78 is 5.34. The summed E-state index contributed by atoms with van der Waals surface area (Å²) in [5, 5.41) is 12.9. The molecule has 2 atom stereocenters. The van der Waals surface area contributed by atoms with Crippen LogP contribution in [0.1, 0.15) is 19.3 Å². The van der Waals surface area contributed by atoms with Crippen LogP contribution in [-0.4, -0.2) is 48.9 Å². The molecule has 4 N–H and O–H groups in total. The highest BCUT2D eigenvalue weighted by molar-refractivity contribution is 4.93. The van der Waals surface area contributed by atoms with E-state index < -0.39 is 0 Å². The predicted octanol–water partition coefficient (Wildman–Crippen LogP) is -0.324. The van der Waals surface area contributed by atoms with Gasteiger partial charge in [-0.1, -0.05) is 0 Å². The number of hydrogen-bond acceptors (Lipinski definition) is 6. The van der Waals surface area contributed by atoms with Gasteiger partial charge in [-0.15, -0.1) is 0 Å². The molecule has 2 aliphatic heterocycles. The van der Waals surface area contributed by atoms with Crippen LogP contribution in [0.3, 0.4) is 0 Å². The minimum atomic E-state index is 0.0793. The number of rotatable bonds is 3. The molecule has 2 aliphatic rings. The maximum absolute atomic E-state index is 9.18. The van der Waals surface area contributed by atoms with Crippen molar-refractivity contribution < 1.29 is 4.74 Å². The van der Waals surface area contributed by atoms with E-state index >= 15 is 0 Å². The van der Waals surface area contributed by atoms with E-state index in [0.717, 1.165) is 52.1 Å². The van der Waals surface area contributed by atoms with E-state index in [2.05, 4.69) is 6.07 Å². The van der Waals surface area contributed by atoms with E-state index in [1.54, 1.807) is 5.01 Å². The lowest BCUT2D eigenvalue weighted by Gasteiger charge is -2.38. The minimum Gasteiger partial charge on any atom is -0.381 e. The molecule has 0 spiro atoms. The molecule has 0 radical (unpaired) electrons. The predicted molar refractivity (Wildman–Crippen MR) is 67.7 cm³/mol. The van der Waals surface area contributed by atoms with Gasteiger partial charge >= 0.3 is 0 Å². The fourth-order valence-corrected chi connectivity index (χ4v) is 2.85. The molecule has 0 amide bonds. The van der Waals surface area contributed by atoms with E-state index in [1.165, 1.54) is 0 Å². The molecule has 2 saturated heterocycles. The summed E-state index contributed by atoms with van der Waals surface area (Å²) in [6, 6.07) is 2.77. The lowest BCUT2D eigenvalue weighted by atomic mass is 9.86. The van der Waals surface area contributed by atoms with Crippen LogP contribution in [0.25, 0.3) is 0 Å². The Morgan fingerprint density at radius 2 is 2.06 bits per heavy atom. The van der Waals surface area contributed by atoms with Crippen molar-refractivity contribution in [3.8, 4) is 6.07 Å². The van der Waals surface area contributed by atoms with E-state index in [0.29, 0.717) is 6.04 Å². The number of nitriles is 1. The maximum Gasteiger partial charge on any atom is 0.0660 e. The van der Waals surface area contributed by atoms with Crippen LogP contribution in [0.2, 0.25) is 0 Å². The Balaban J connectivity index is 1.87. The highest BCUT2D eigenvalue weighted by atomic mass is 16.5. The third kappa shape index (κ3) is 3.40.